The number of anilines is 1. The Labute approximate surface area is 123 Å². The normalized spacial score (nSPS) is 14.7. The molecule has 0 saturated carbocycles. The lowest BCUT2D eigenvalue weighted by Crippen LogP contribution is -2.42. The largest absolute Gasteiger partial charge is 0.341 e. The van der Waals surface area contributed by atoms with Gasteiger partial charge in [0.05, 0.1) is 5.56 Å². The first-order valence-electron chi connectivity index (χ1n) is 6.75. The van der Waals surface area contributed by atoms with Crippen LogP contribution in [0.2, 0.25) is 0 Å². The van der Waals surface area contributed by atoms with Gasteiger partial charge < -0.3 is 10.2 Å². The van der Waals surface area contributed by atoms with Crippen LogP contribution in [-0.4, -0.2) is 37.0 Å². The van der Waals surface area contributed by atoms with Crippen molar-refractivity contribution in [2.24, 2.45) is 0 Å². The van der Waals surface area contributed by atoms with Gasteiger partial charge in [0.2, 0.25) is 0 Å². The quantitative estimate of drug-likeness (QED) is 0.881. The second kappa shape index (κ2) is 5.44. The van der Waals surface area contributed by atoms with Crippen molar-refractivity contribution in [1.82, 2.24) is 10.2 Å². The van der Waals surface area contributed by atoms with E-state index in [1.54, 1.807) is 7.05 Å². The summed E-state index contributed by atoms with van der Waals surface area (Å²) in [6.07, 6.45) is 1.06. The zero-order valence-electron chi connectivity index (χ0n) is 12.4. The SMILES string of the molecule is CNC(=O)Nc1sc(C(C)(C)C)cc1C(=O)N1CCC1. The lowest BCUT2D eigenvalue weighted by molar-refractivity contribution is 0.0653. The van der Waals surface area contributed by atoms with Crippen molar-refractivity contribution in [1.29, 1.82) is 0 Å². The minimum Gasteiger partial charge on any atom is -0.341 e. The molecule has 2 rings (SSSR count). The Kier molecular flexibility index (Phi) is 4.04. The van der Waals surface area contributed by atoms with E-state index in [0.717, 1.165) is 24.4 Å². The van der Waals surface area contributed by atoms with Crippen LogP contribution in [0.25, 0.3) is 0 Å². The molecular weight excluding hydrogens is 274 g/mol. The first kappa shape index (κ1) is 14.8. The fourth-order valence-electron chi connectivity index (χ4n) is 1.87. The summed E-state index contributed by atoms with van der Waals surface area (Å²) in [6.45, 7) is 7.90. The van der Waals surface area contributed by atoms with E-state index in [4.69, 9.17) is 0 Å². The number of urea groups is 1. The van der Waals surface area contributed by atoms with Crippen molar-refractivity contribution in [3.63, 3.8) is 0 Å². The molecule has 5 nitrogen and oxygen atoms in total. The number of nitrogens with zero attached hydrogens (tertiary/aromatic N) is 1. The fraction of sp³-hybridized carbons (Fsp3) is 0.571. The summed E-state index contributed by atoms with van der Waals surface area (Å²) in [4.78, 5) is 26.8. The van der Waals surface area contributed by atoms with E-state index in [9.17, 15) is 9.59 Å². The third kappa shape index (κ3) is 2.95. The predicted molar refractivity (Wildman–Crippen MR) is 81.6 cm³/mol. The van der Waals surface area contributed by atoms with E-state index >= 15 is 0 Å². The van der Waals surface area contributed by atoms with Crippen LogP contribution < -0.4 is 10.6 Å². The number of hydrogen-bond donors (Lipinski definition) is 2. The smallest absolute Gasteiger partial charge is 0.319 e. The van der Waals surface area contributed by atoms with E-state index in [-0.39, 0.29) is 17.4 Å². The van der Waals surface area contributed by atoms with Gasteiger partial charge in [0.1, 0.15) is 5.00 Å². The maximum atomic E-state index is 12.4. The summed E-state index contributed by atoms with van der Waals surface area (Å²) < 4.78 is 0. The monoisotopic (exact) mass is 295 g/mol. The third-order valence-corrected chi connectivity index (χ3v) is 4.78. The number of rotatable bonds is 2. The number of nitrogens with one attached hydrogen (secondary N) is 2. The predicted octanol–water partition coefficient (Wildman–Crippen LogP) is 2.64. The van der Waals surface area contributed by atoms with Gasteiger partial charge in [0.15, 0.2) is 0 Å². The average Bonchev–Trinajstić information content (AvgIpc) is 2.70. The molecule has 1 aromatic rings. The molecule has 0 bridgehead atoms. The van der Waals surface area contributed by atoms with Gasteiger partial charge in [-0.15, -0.1) is 11.3 Å². The number of amides is 3. The van der Waals surface area contributed by atoms with Gasteiger partial charge >= 0.3 is 6.03 Å². The van der Waals surface area contributed by atoms with Gasteiger partial charge in [-0.3, -0.25) is 10.1 Å². The number of hydrogen-bond acceptors (Lipinski definition) is 3. The van der Waals surface area contributed by atoms with Gasteiger partial charge in [0, 0.05) is 25.0 Å². The minimum atomic E-state index is -0.301. The highest BCUT2D eigenvalue weighted by atomic mass is 32.1. The zero-order valence-corrected chi connectivity index (χ0v) is 13.2. The highest BCUT2D eigenvalue weighted by Gasteiger charge is 2.28. The molecule has 0 spiro atoms. The lowest BCUT2D eigenvalue weighted by Gasteiger charge is -2.30. The molecule has 1 fully saturated rings. The molecular formula is C14H21N3O2S. The second-order valence-electron chi connectivity index (χ2n) is 5.95. The molecule has 110 valence electrons. The van der Waals surface area contributed by atoms with Crippen LogP contribution in [0.3, 0.4) is 0 Å². The molecule has 0 aliphatic carbocycles. The summed E-state index contributed by atoms with van der Waals surface area (Å²) >= 11 is 1.47. The zero-order chi connectivity index (χ0) is 14.9. The summed E-state index contributed by atoms with van der Waals surface area (Å²) in [5.74, 6) is 0.00871. The van der Waals surface area contributed by atoms with Crippen molar-refractivity contribution in [2.75, 3.05) is 25.5 Å². The van der Waals surface area contributed by atoms with E-state index in [0.29, 0.717) is 10.6 Å². The molecule has 0 aromatic carbocycles. The average molecular weight is 295 g/mol. The Bertz CT molecular complexity index is 527. The molecule has 3 amide bonds. The molecule has 0 unspecified atom stereocenters. The first-order chi connectivity index (χ1) is 9.32. The molecule has 20 heavy (non-hydrogen) atoms. The Hall–Kier alpha value is -1.56. The van der Waals surface area contributed by atoms with Crippen LogP contribution in [0.15, 0.2) is 6.07 Å². The van der Waals surface area contributed by atoms with E-state index in [1.165, 1.54) is 11.3 Å². The van der Waals surface area contributed by atoms with Crippen molar-refractivity contribution in [3.05, 3.63) is 16.5 Å². The van der Waals surface area contributed by atoms with Crippen LogP contribution >= 0.6 is 11.3 Å². The molecule has 0 radical (unpaired) electrons. The first-order valence-corrected chi connectivity index (χ1v) is 7.57. The van der Waals surface area contributed by atoms with Crippen LogP contribution in [0, 0.1) is 0 Å². The topological polar surface area (TPSA) is 61.4 Å². The summed E-state index contributed by atoms with van der Waals surface area (Å²) in [7, 11) is 1.56. The molecule has 6 heteroatoms. The Morgan fingerprint density at radius 2 is 1.95 bits per heavy atom. The molecule has 2 heterocycles. The number of likely N-dealkylation sites (tertiary alicyclic amines) is 1. The molecule has 1 aromatic heterocycles. The van der Waals surface area contributed by atoms with Gasteiger partial charge in [-0.05, 0) is 17.9 Å². The molecule has 1 aliphatic heterocycles. The van der Waals surface area contributed by atoms with E-state index < -0.39 is 0 Å². The van der Waals surface area contributed by atoms with Crippen molar-refractivity contribution in [3.8, 4) is 0 Å². The van der Waals surface area contributed by atoms with Crippen LogP contribution in [0.4, 0.5) is 9.80 Å². The summed E-state index contributed by atoms with van der Waals surface area (Å²) in [5.41, 5.74) is 0.556. The summed E-state index contributed by atoms with van der Waals surface area (Å²) in [5, 5.41) is 5.90. The standard InChI is InChI=1S/C14H21N3O2S/c1-14(2,3)10-8-9(12(18)17-6-5-7-17)11(20-10)16-13(19)15-4/h8H,5-7H2,1-4H3,(H2,15,16,19). The van der Waals surface area contributed by atoms with Crippen molar-refractivity contribution in [2.45, 2.75) is 32.6 Å². The summed E-state index contributed by atoms with van der Waals surface area (Å²) in [6, 6.07) is 1.61. The van der Waals surface area contributed by atoms with Crippen LogP contribution in [0.5, 0.6) is 0 Å². The highest BCUT2D eigenvalue weighted by Crippen LogP contribution is 2.37. The molecule has 1 saturated heterocycles. The van der Waals surface area contributed by atoms with Crippen molar-refractivity contribution >= 4 is 28.3 Å². The highest BCUT2D eigenvalue weighted by molar-refractivity contribution is 7.16. The second-order valence-corrected chi connectivity index (χ2v) is 7.01. The Morgan fingerprint density at radius 1 is 1.30 bits per heavy atom. The fourth-order valence-corrected chi connectivity index (χ4v) is 2.97. The van der Waals surface area contributed by atoms with Gasteiger partial charge in [-0.25, -0.2) is 4.79 Å². The van der Waals surface area contributed by atoms with E-state index in [1.807, 2.05) is 11.0 Å². The number of carbonyl (C=O) groups excluding carboxylic acids is 2. The number of thiophene rings is 1. The minimum absolute atomic E-state index is 0.00871. The molecule has 1 aliphatic rings. The maximum absolute atomic E-state index is 12.4. The Balaban J connectivity index is 2.33. The van der Waals surface area contributed by atoms with Gasteiger partial charge in [-0.2, -0.15) is 0 Å². The van der Waals surface area contributed by atoms with E-state index in [2.05, 4.69) is 31.4 Å². The van der Waals surface area contributed by atoms with Gasteiger partial charge in [-0.1, -0.05) is 20.8 Å². The van der Waals surface area contributed by atoms with Gasteiger partial charge in [0.25, 0.3) is 5.91 Å². The van der Waals surface area contributed by atoms with Crippen LogP contribution in [-0.2, 0) is 5.41 Å². The third-order valence-electron chi connectivity index (χ3n) is 3.30. The Morgan fingerprint density at radius 3 is 2.40 bits per heavy atom. The van der Waals surface area contributed by atoms with Crippen LogP contribution in [0.1, 0.15) is 42.4 Å². The molecule has 0 atom stereocenters. The molecule has 2 N–H and O–H groups in total. The van der Waals surface area contributed by atoms with Crippen molar-refractivity contribution < 1.29 is 9.59 Å². The number of carbonyl (C=O) groups is 2. The maximum Gasteiger partial charge on any atom is 0.319 e. The lowest BCUT2D eigenvalue weighted by atomic mass is 9.94.